The molecule has 6 nitrogen and oxygen atoms in total. The minimum absolute atomic E-state index is 0.0811. The van der Waals surface area contributed by atoms with E-state index in [0.717, 1.165) is 29.7 Å². The Hall–Kier alpha value is -3.41. The summed E-state index contributed by atoms with van der Waals surface area (Å²) >= 11 is 0. The van der Waals surface area contributed by atoms with Crippen molar-refractivity contribution in [1.29, 1.82) is 0 Å². The normalized spacial score (nSPS) is 10.7. The number of amides is 2. The highest BCUT2D eigenvalue weighted by Crippen LogP contribution is 2.20. The zero-order chi connectivity index (χ0) is 22.8. The number of rotatable bonds is 10. The van der Waals surface area contributed by atoms with E-state index in [-0.39, 0.29) is 11.6 Å². The number of urea groups is 1. The van der Waals surface area contributed by atoms with Crippen LogP contribution >= 0.6 is 0 Å². The number of anilines is 1. The van der Waals surface area contributed by atoms with Crippen molar-refractivity contribution in [2.45, 2.75) is 45.6 Å². The Balaban J connectivity index is 1.72. The molecule has 0 aliphatic rings. The number of aryl methyl sites for hydroxylation is 1. The monoisotopic (exact) mass is 432 g/mol. The number of carbonyl (C=O) groups excluding carboxylic acids is 1. The van der Waals surface area contributed by atoms with Crippen molar-refractivity contribution in [3.8, 4) is 11.3 Å². The zero-order valence-electron chi connectivity index (χ0n) is 19.0. The van der Waals surface area contributed by atoms with Gasteiger partial charge in [-0.05, 0) is 30.2 Å². The lowest BCUT2D eigenvalue weighted by molar-refractivity contribution is 0.245. The maximum atomic E-state index is 13.0. The molecule has 2 aromatic heterocycles. The van der Waals surface area contributed by atoms with Crippen molar-refractivity contribution in [2.75, 3.05) is 11.4 Å². The van der Waals surface area contributed by atoms with Crippen LogP contribution in [0.2, 0.25) is 0 Å². The number of aromatic nitrogens is 2. The molecule has 0 atom stereocenters. The standard InChI is InChI=1S/C26H32N4O2/c1-3-4-5-6-10-16-30(26(32)28-19-21-11-8-7-9-12-21)23-13-14-24(27-20-23)22-15-17-29(2)25(31)18-22/h7-9,11-15,17-18,20H,3-6,10,16,19H2,1-2H3,(H,28,32). The predicted molar refractivity (Wildman–Crippen MR) is 130 cm³/mol. The molecule has 0 saturated carbocycles. The molecule has 32 heavy (non-hydrogen) atoms. The number of hydrogen-bond acceptors (Lipinski definition) is 3. The van der Waals surface area contributed by atoms with Crippen LogP contribution in [-0.2, 0) is 13.6 Å². The molecule has 0 aliphatic heterocycles. The van der Waals surface area contributed by atoms with Crippen LogP contribution in [0.3, 0.4) is 0 Å². The summed E-state index contributed by atoms with van der Waals surface area (Å²) in [5.41, 5.74) is 3.20. The highest BCUT2D eigenvalue weighted by Gasteiger charge is 2.16. The molecule has 1 aromatic carbocycles. The number of unbranched alkanes of at least 4 members (excludes halogenated alkanes) is 4. The molecule has 0 fully saturated rings. The lowest BCUT2D eigenvalue weighted by Gasteiger charge is -2.23. The van der Waals surface area contributed by atoms with Crippen molar-refractivity contribution in [2.24, 2.45) is 7.05 Å². The van der Waals surface area contributed by atoms with Crippen LogP contribution in [0.5, 0.6) is 0 Å². The number of nitrogens with one attached hydrogen (secondary N) is 1. The predicted octanol–water partition coefficient (Wildman–Crippen LogP) is 5.13. The third-order valence-corrected chi connectivity index (χ3v) is 5.48. The first-order chi connectivity index (χ1) is 15.6. The summed E-state index contributed by atoms with van der Waals surface area (Å²) in [5.74, 6) is 0. The number of benzene rings is 1. The van der Waals surface area contributed by atoms with Crippen LogP contribution < -0.4 is 15.8 Å². The zero-order valence-corrected chi connectivity index (χ0v) is 19.0. The molecule has 0 unspecified atom stereocenters. The molecule has 0 radical (unpaired) electrons. The van der Waals surface area contributed by atoms with Crippen LogP contribution in [-0.4, -0.2) is 22.1 Å². The second kappa shape index (κ2) is 11.8. The van der Waals surface area contributed by atoms with Crippen molar-refractivity contribution >= 4 is 11.7 Å². The molecule has 1 N–H and O–H groups in total. The van der Waals surface area contributed by atoms with Gasteiger partial charge in [0, 0.05) is 38.0 Å². The highest BCUT2D eigenvalue weighted by atomic mass is 16.2. The first-order valence-electron chi connectivity index (χ1n) is 11.3. The van der Waals surface area contributed by atoms with E-state index >= 15 is 0 Å². The van der Waals surface area contributed by atoms with E-state index < -0.39 is 0 Å². The quantitative estimate of drug-likeness (QED) is 0.452. The molecule has 6 heteroatoms. The summed E-state index contributed by atoms with van der Waals surface area (Å²) in [7, 11) is 1.72. The minimum Gasteiger partial charge on any atom is -0.334 e. The lowest BCUT2D eigenvalue weighted by Crippen LogP contribution is -2.40. The molecule has 3 aromatic rings. The third kappa shape index (κ3) is 6.54. The molecule has 2 heterocycles. The van der Waals surface area contributed by atoms with E-state index in [2.05, 4.69) is 17.2 Å². The molecule has 168 valence electrons. The molecule has 0 bridgehead atoms. The van der Waals surface area contributed by atoms with E-state index in [1.54, 1.807) is 30.4 Å². The van der Waals surface area contributed by atoms with E-state index in [4.69, 9.17) is 0 Å². The molecular formula is C26H32N4O2. The fraction of sp³-hybridized carbons (Fsp3) is 0.346. The van der Waals surface area contributed by atoms with Crippen LogP contribution in [0.1, 0.15) is 44.6 Å². The van der Waals surface area contributed by atoms with Gasteiger partial charge in [-0.25, -0.2) is 4.79 Å². The first kappa shape index (κ1) is 23.3. The lowest BCUT2D eigenvalue weighted by atomic mass is 10.1. The topological polar surface area (TPSA) is 67.2 Å². The van der Waals surface area contributed by atoms with Gasteiger partial charge in [-0.1, -0.05) is 62.9 Å². The third-order valence-electron chi connectivity index (χ3n) is 5.48. The fourth-order valence-corrected chi connectivity index (χ4v) is 3.51. The molecular weight excluding hydrogens is 400 g/mol. The molecule has 0 saturated heterocycles. The summed E-state index contributed by atoms with van der Waals surface area (Å²) in [6, 6.07) is 16.9. The molecule has 0 aliphatic carbocycles. The summed E-state index contributed by atoms with van der Waals surface area (Å²) in [6.07, 6.45) is 9.05. The Morgan fingerprint density at radius 1 is 1.03 bits per heavy atom. The SMILES string of the molecule is CCCCCCCN(C(=O)NCc1ccccc1)c1ccc(-c2ccn(C)c(=O)c2)nc1. The van der Waals surface area contributed by atoms with Crippen molar-refractivity contribution in [3.05, 3.63) is 82.9 Å². The number of hydrogen-bond donors (Lipinski definition) is 1. The van der Waals surface area contributed by atoms with Crippen LogP contribution in [0, 0.1) is 0 Å². The van der Waals surface area contributed by atoms with E-state index in [9.17, 15) is 9.59 Å². The average molecular weight is 433 g/mol. The second-order valence-electron chi connectivity index (χ2n) is 7.98. The summed E-state index contributed by atoms with van der Waals surface area (Å²) in [5, 5.41) is 3.02. The second-order valence-corrected chi connectivity index (χ2v) is 7.98. The average Bonchev–Trinajstić information content (AvgIpc) is 2.82. The van der Waals surface area contributed by atoms with E-state index in [0.29, 0.717) is 18.8 Å². The van der Waals surface area contributed by atoms with Gasteiger partial charge in [-0.15, -0.1) is 0 Å². The molecule has 2 amide bonds. The summed E-state index contributed by atoms with van der Waals surface area (Å²) in [4.78, 5) is 31.2. The van der Waals surface area contributed by atoms with Gasteiger partial charge in [0.1, 0.15) is 0 Å². The van der Waals surface area contributed by atoms with Gasteiger partial charge in [0.15, 0.2) is 0 Å². The Bertz CT molecular complexity index is 1050. The van der Waals surface area contributed by atoms with Gasteiger partial charge in [0.25, 0.3) is 5.56 Å². The number of carbonyl (C=O) groups is 1. The highest BCUT2D eigenvalue weighted by molar-refractivity contribution is 5.91. The summed E-state index contributed by atoms with van der Waals surface area (Å²) < 4.78 is 1.52. The Morgan fingerprint density at radius 2 is 1.81 bits per heavy atom. The van der Waals surface area contributed by atoms with Crippen LogP contribution in [0.25, 0.3) is 11.3 Å². The Labute approximate surface area is 189 Å². The Morgan fingerprint density at radius 3 is 2.50 bits per heavy atom. The van der Waals surface area contributed by atoms with Crippen molar-refractivity contribution < 1.29 is 4.79 Å². The smallest absolute Gasteiger partial charge is 0.322 e. The number of nitrogens with zero attached hydrogens (tertiary/aromatic N) is 3. The van der Waals surface area contributed by atoms with Crippen LogP contribution in [0.4, 0.5) is 10.5 Å². The largest absolute Gasteiger partial charge is 0.334 e. The number of pyridine rings is 2. The summed E-state index contributed by atoms with van der Waals surface area (Å²) in [6.45, 7) is 3.31. The van der Waals surface area contributed by atoms with Gasteiger partial charge in [0.05, 0.1) is 17.6 Å². The minimum atomic E-state index is -0.132. The maximum Gasteiger partial charge on any atom is 0.322 e. The molecule has 0 spiro atoms. The van der Waals surface area contributed by atoms with Gasteiger partial charge in [0.2, 0.25) is 0 Å². The van der Waals surface area contributed by atoms with E-state index in [1.165, 1.54) is 23.8 Å². The van der Waals surface area contributed by atoms with Gasteiger partial charge in [-0.2, -0.15) is 0 Å². The van der Waals surface area contributed by atoms with Crippen molar-refractivity contribution in [1.82, 2.24) is 14.9 Å². The Kier molecular flexibility index (Phi) is 8.61. The fourth-order valence-electron chi connectivity index (χ4n) is 3.51. The molecule has 3 rings (SSSR count). The van der Waals surface area contributed by atoms with Crippen LogP contribution in [0.15, 0.2) is 71.8 Å². The first-order valence-corrected chi connectivity index (χ1v) is 11.3. The van der Waals surface area contributed by atoms with Gasteiger partial charge < -0.3 is 9.88 Å². The maximum absolute atomic E-state index is 13.0. The van der Waals surface area contributed by atoms with Gasteiger partial charge >= 0.3 is 6.03 Å². The van der Waals surface area contributed by atoms with Crippen molar-refractivity contribution in [3.63, 3.8) is 0 Å². The van der Waals surface area contributed by atoms with E-state index in [1.807, 2.05) is 48.5 Å². The van der Waals surface area contributed by atoms with Gasteiger partial charge in [-0.3, -0.25) is 14.7 Å².